The van der Waals surface area contributed by atoms with Crippen LogP contribution in [-0.4, -0.2) is 12.4 Å². The Labute approximate surface area is 121 Å². The predicted molar refractivity (Wildman–Crippen MR) is 70.6 cm³/mol. The van der Waals surface area contributed by atoms with Crippen LogP contribution in [0, 0.1) is 5.82 Å². The first-order valence-electron chi connectivity index (χ1n) is 5.52. The Kier molecular flexibility index (Phi) is 4.44. The van der Waals surface area contributed by atoms with Gasteiger partial charge in [-0.1, -0.05) is 6.07 Å². The molecule has 0 saturated carbocycles. The Bertz CT molecular complexity index is 627. The van der Waals surface area contributed by atoms with E-state index in [4.69, 9.17) is 0 Å². The lowest BCUT2D eigenvalue weighted by Gasteiger charge is -2.06. The van der Waals surface area contributed by atoms with Crippen molar-refractivity contribution in [3.05, 3.63) is 63.9 Å². The topological polar surface area (TPSA) is 26.3 Å². The fraction of sp³-hybridized carbons (Fsp3) is 0.0714. The highest BCUT2D eigenvalue weighted by Gasteiger charge is 2.16. The van der Waals surface area contributed by atoms with Gasteiger partial charge in [0.15, 0.2) is 5.78 Å². The molecular weight excluding hydrogens is 337 g/mol. The molecule has 2 rings (SSSR count). The molecule has 2 aromatic carbocycles. The van der Waals surface area contributed by atoms with Crippen molar-refractivity contribution in [2.45, 2.75) is 6.61 Å². The van der Waals surface area contributed by atoms with Gasteiger partial charge in [-0.2, -0.15) is 8.78 Å². The number of carbonyl (C=O) groups excluding carboxylic acids is 1. The van der Waals surface area contributed by atoms with Gasteiger partial charge in [-0.3, -0.25) is 4.79 Å². The van der Waals surface area contributed by atoms with Crippen LogP contribution >= 0.6 is 15.9 Å². The first-order chi connectivity index (χ1) is 9.49. The van der Waals surface area contributed by atoms with E-state index in [1.54, 1.807) is 0 Å². The maximum absolute atomic E-state index is 13.8. The zero-order valence-electron chi connectivity index (χ0n) is 9.95. The molecule has 0 fully saturated rings. The van der Waals surface area contributed by atoms with Crippen molar-refractivity contribution in [3.63, 3.8) is 0 Å². The lowest BCUT2D eigenvalue weighted by Crippen LogP contribution is -2.05. The first kappa shape index (κ1) is 14.6. The van der Waals surface area contributed by atoms with Crippen molar-refractivity contribution >= 4 is 21.7 Å². The van der Waals surface area contributed by atoms with Crippen molar-refractivity contribution in [1.29, 1.82) is 0 Å². The lowest BCUT2D eigenvalue weighted by atomic mass is 10.0. The lowest BCUT2D eigenvalue weighted by molar-refractivity contribution is -0.0498. The zero-order valence-corrected chi connectivity index (χ0v) is 11.5. The van der Waals surface area contributed by atoms with E-state index >= 15 is 0 Å². The Balaban J connectivity index is 2.27. The molecule has 0 aliphatic rings. The summed E-state index contributed by atoms with van der Waals surface area (Å²) in [7, 11) is 0. The van der Waals surface area contributed by atoms with Gasteiger partial charge in [-0.15, -0.1) is 0 Å². The fourth-order valence-corrected chi connectivity index (χ4v) is 1.99. The molecule has 104 valence electrons. The second-order valence-electron chi connectivity index (χ2n) is 3.83. The van der Waals surface area contributed by atoms with Gasteiger partial charge < -0.3 is 4.74 Å². The van der Waals surface area contributed by atoms with E-state index in [0.717, 1.165) is 0 Å². The van der Waals surface area contributed by atoms with E-state index in [2.05, 4.69) is 20.7 Å². The molecule has 0 unspecified atom stereocenters. The van der Waals surface area contributed by atoms with Gasteiger partial charge in [0, 0.05) is 5.56 Å². The van der Waals surface area contributed by atoms with E-state index in [-0.39, 0.29) is 21.3 Å². The molecule has 0 saturated heterocycles. The summed E-state index contributed by atoms with van der Waals surface area (Å²) in [6.07, 6.45) is 0. The zero-order chi connectivity index (χ0) is 14.7. The van der Waals surface area contributed by atoms with Crippen LogP contribution in [0.4, 0.5) is 13.2 Å². The number of carbonyl (C=O) groups is 1. The summed E-state index contributed by atoms with van der Waals surface area (Å²) in [5.74, 6) is -1.26. The predicted octanol–water partition coefficient (Wildman–Crippen LogP) is 4.42. The summed E-state index contributed by atoms with van der Waals surface area (Å²) in [6.45, 7) is -2.93. The van der Waals surface area contributed by atoms with Crippen LogP contribution in [0.25, 0.3) is 0 Å². The molecule has 0 N–H and O–H groups in total. The third-order valence-electron chi connectivity index (χ3n) is 2.54. The summed E-state index contributed by atoms with van der Waals surface area (Å²) < 4.78 is 42.1. The van der Waals surface area contributed by atoms with E-state index in [9.17, 15) is 18.0 Å². The van der Waals surface area contributed by atoms with Gasteiger partial charge in [0.05, 0.1) is 10.0 Å². The number of halogens is 4. The number of ketones is 1. The summed E-state index contributed by atoms with van der Waals surface area (Å²) in [6, 6.07) is 9.44. The molecule has 6 heteroatoms. The van der Waals surface area contributed by atoms with Crippen LogP contribution < -0.4 is 4.74 Å². The third-order valence-corrected chi connectivity index (χ3v) is 3.15. The highest BCUT2D eigenvalue weighted by Crippen LogP contribution is 2.22. The van der Waals surface area contributed by atoms with Gasteiger partial charge in [0.2, 0.25) is 0 Å². The van der Waals surface area contributed by atoms with Crippen LogP contribution in [0.1, 0.15) is 15.9 Å². The molecule has 2 nitrogen and oxygen atoms in total. The molecule has 20 heavy (non-hydrogen) atoms. The van der Waals surface area contributed by atoms with E-state index in [1.807, 2.05) is 0 Å². The SMILES string of the molecule is O=C(c1ccc(OC(F)F)cc1)c1cccc(Br)c1F. The van der Waals surface area contributed by atoms with E-state index in [1.165, 1.54) is 42.5 Å². The molecule has 0 spiro atoms. The monoisotopic (exact) mass is 344 g/mol. The smallest absolute Gasteiger partial charge is 0.387 e. The minimum atomic E-state index is -2.93. The van der Waals surface area contributed by atoms with Gasteiger partial charge >= 0.3 is 6.61 Å². The van der Waals surface area contributed by atoms with Gasteiger partial charge in [-0.05, 0) is 52.3 Å². The van der Waals surface area contributed by atoms with Gasteiger partial charge in [0.1, 0.15) is 11.6 Å². The Morgan fingerprint density at radius 3 is 2.35 bits per heavy atom. The Morgan fingerprint density at radius 1 is 1.10 bits per heavy atom. The first-order valence-corrected chi connectivity index (χ1v) is 6.32. The second kappa shape index (κ2) is 6.09. The number of benzene rings is 2. The fourth-order valence-electron chi connectivity index (χ4n) is 1.62. The van der Waals surface area contributed by atoms with E-state index in [0.29, 0.717) is 0 Å². The molecule has 2 aromatic rings. The Hall–Kier alpha value is -1.82. The maximum atomic E-state index is 13.8. The van der Waals surface area contributed by atoms with Crippen LogP contribution in [0.5, 0.6) is 5.75 Å². The summed E-state index contributed by atoms with van der Waals surface area (Å²) in [5.41, 5.74) is 0.0884. The number of hydrogen-bond acceptors (Lipinski definition) is 2. The van der Waals surface area contributed by atoms with Crippen molar-refractivity contribution in [1.82, 2.24) is 0 Å². The minimum Gasteiger partial charge on any atom is -0.435 e. The van der Waals surface area contributed by atoms with Crippen molar-refractivity contribution in [2.75, 3.05) is 0 Å². The number of hydrogen-bond donors (Lipinski definition) is 0. The van der Waals surface area contributed by atoms with Crippen LogP contribution in [0.15, 0.2) is 46.9 Å². The molecule has 0 amide bonds. The largest absolute Gasteiger partial charge is 0.435 e. The van der Waals surface area contributed by atoms with Crippen LogP contribution in [-0.2, 0) is 0 Å². The molecule has 0 radical (unpaired) electrons. The van der Waals surface area contributed by atoms with Crippen molar-refractivity contribution in [2.24, 2.45) is 0 Å². The van der Waals surface area contributed by atoms with E-state index < -0.39 is 18.2 Å². The second-order valence-corrected chi connectivity index (χ2v) is 4.69. The molecule has 0 bridgehead atoms. The number of alkyl halides is 2. The molecule has 0 heterocycles. The Morgan fingerprint density at radius 2 is 1.75 bits per heavy atom. The average Bonchev–Trinajstić information content (AvgIpc) is 2.41. The van der Waals surface area contributed by atoms with Crippen molar-refractivity contribution in [3.8, 4) is 5.75 Å². The third kappa shape index (κ3) is 3.19. The standard InChI is InChI=1S/C14H8BrF3O2/c15-11-3-1-2-10(12(11)16)13(19)8-4-6-9(7-5-8)20-14(17)18/h1-7,14H. The minimum absolute atomic E-state index is 0.0636. The maximum Gasteiger partial charge on any atom is 0.387 e. The molecule has 0 aromatic heterocycles. The van der Waals surface area contributed by atoms with Crippen LogP contribution in [0.2, 0.25) is 0 Å². The normalized spacial score (nSPS) is 10.7. The average molecular weight is 345 g/mol. The van der Waals surface area contributed by atoms with Gasteiger partial charge in [-0.25, -0.2) is 4.39 Å². The molecule has 0 atom stereocenters. The number of rotatable bonds is 4. The highest BCUT2D eigenvalue weighted by molar-refractivity contribution is 9.10. The van der Waals surface area contributed by atoms with Crippen LogP contribution in [0.3, 0.4) is 0 Å². The highest BCUT2D eigenvalue weighted by atomic mass is 79.9. The molecular formula is C14H8BrF3O2. The van der Waals surface area contributed by atoms with Crippen molar-refractivity contribution < 1.29 is 22.7 Å². The summed E-state index contributed by atoms with van der Waals surface area (Å²) >= 11 is 3.00. The summed E-state index contributed by atoms with van der Waals surface area (Å²) in [4.78, 5) is 12.1. The molecule has 0 aliphatic heterocycles. The quantitative estimate of drug-likeness (QED) is 0.767. The summed E-state index contributed by atoms with van der Waals surface area (Å²) in [5, 5.41) is 0. The van der Waals surface area contributed by atoms with Gasteiger partial charge in [0.25, 0.3) is 0 Å². The molecule has 0 aliphatic carbocycles. The number of ether oxygens (including phenoxy) is 1.